The summed E-state index contributed by atoms with van der Waals surface area (Å²) in [4.78, 5) is 0. The fourth-order valence-electron chi connectivity index (χ4n) is 2.13. The van der Waals surface area contributed by atoms with Crippen LogP contribution < -0.4 is 0 Å². The Kier molecular flexibility index (Phi) is 9.15. The Hall–Kier alpha value is -1.16. The highest BCUT2D eigenvalue weighted by Gasteiger charge is 2.99. The maximum atomic E-state index is 13.6. The van der Waals surface area contributed by atoms with E-state index in [9.17, 15) is 119 Å². The highest BCUT2D eigenvalue weighted by molar-refractivity contribution is 14.1. The first-order valence-corrected chi connectivity index (χ1v) is 9.37. The molecule has 0 saturated heterocycles. The van der Waals surface area contributed by atoms with Crippen molar-refractivity contribution in [1.82, 2.24) is 0 Å². The lowest BCUT2D eigenvalue weighted by Crippen LogP contribution is -2.78. The van der Waals surface area contributed by atoms with E-state index >= 15 is 0 Å². The van der Waals surface area contributed by atoms with Crippen molar-refractivity contribution in [3.8, 4) is 0 Å². The second-order valence-electron chi connectivity index (χ2n) is 7.31. The minimum Gasteiger partial charge on any atom is -0.218 e. The summed E-state index contributed by atoms with van der Waals surface area (Å²) in [7, 11) is 0. The van der Waals surface area contributed by atoms with Crippen molar-refractivity contribution in [2.45, 2.75) is 75.3 Å². The van der Waals surface area contributed by atoms with Crippen LogP contribution in [0.15, 0.2) is 0 Å². The summed E-state index contributed by atoms with van der Waals surface area (Å²) >= 11 is -1.83. The summed E-state index contributed by atoms with van der Waals surface area (Å²) < 4.78 is 344. The third kappa shape index (κ3) is 4.62. The van der Waals surface area contributed by atoms with Gasteiger partial charge >= 0.3 is 75.3 Å². The molecule has 1 atom stereocenters. The van der Waals surface area contributed by atoms with Crippen LogP contribution in [0, 0.1) is 0 Å². The van der Waals surface area contributed by atoms with Gasteiger partial charge in [-0.05, 0) is 22.6 Å². The van der Waals surface area contributed by atoms with Gasteiger partial charge in [-0.2, -0.15) is 114 Å². The first-order chi connectivity index (χ1) is 17.0. The van der Waals surface area contributed by atoms with Crippen LogP contribution >= 0.6 is 22.6 Å². The second-order valence-corrected chi connectivity index (χ2v) is 8.80. The molecule has 0 amide bonds. The van der Waals surface area contributed by atoms with Crippen molar-refractivity contribution < 1.29 is 119 Å². The van der Waals surface area contributed by atoms with E-state index in [1.807, 2.05) is 0 Å². The van der Waals surface area contributed by atoms with Crippen molar-refractivity contribution >= 4 is 22.6 Å². The van der Waals surface area contributed by atoms with Crippen LogP contribution in [0.3, 0.4) is 0 Å². The summed E-state index contributed by atoms with van der Waals surface area (Å²) in [6.45, 7) is 0. The first-order valence-electron chi connectivity index (χ1n) is 8.29. The number of halogens is 28. The largest absolute Gasteiger partial charge is 0.460 e. The molecule has 0 aromatic carbocycles. The van der Waals surface area contributed by atoms with Crippen LogP contribution in [0.5, 0.6) is 0 Å². The van der Waals surface area contributed by atoms with Gasteiger partial charge in [-0.3, -0.25) is 0 Å². The predicted octanol–water partition coefficient (Wildman–Crippen LogP) is 9.56. The number of rotatable bonds is 10. The maximum absolute atomic E-state index is 13.6. The normalized spacial score (nSPS) is 18.4. The van der Waals surface area contributed by atoms with Gasteiger partial charge in [-0.15, -0.1) is 0 Å². The minimum absolute atomic E-state index is 1.83. The Balaban J connectivity index is 7.41. The van der Waals surface area contributed by atoms with Crippen LogP contribution in [0.2, 0.25) is 0 Å². The zero-order chi connectivity index (χ0) is 34.5. The number of alkyl halides is 28. The molecule has 0 N–H and O–H groups in total. The molecule has 0 fully saturated rings. The fraction of sp³-hybridized carbons (Fsp3) is 1.00. The van der Waals surface area contributed by atoms with Crippen LogP contribution in [-0.2, 0) is 0 Å². The molecule has 28 heteroatoms. The average Bonchev–Trinajstić information content (AvgIpc) is 2.70. The lowest BCUT2D eigenvalue weighted by Gasteiger charge is -2.46. The molecule has 0 saturated carbocycles. The molecule has 0 aromatic rings. The molecule has 0 radical (unpaired) electrons. The third-order valence-corrected chi connectivity index (χ3v) is 6.01. The van der Waals surface area contributed by atoms with Gasteiger partial charge in [0, 0.05) is 0 Å². The standard InChI is InChI=1S/C13F27I/c14-1(15,3(18,19)5(22,23)7(26,27)9(30,31)12(35,36)37)2(16,17)4(20,21)6(24,25)8(28,29)11(34,41)10(32,33)13(38,39)40. The Morgan fingerprint density at radius 3 is 0.512 bits per heavy atom. The van der Waals surface area contributed by atoms with Crippen LogP contribution in [0.25, 0.3) is 0 Å². The van der Waals surface area contributed by atoms with Crippen molar-refractivity contribution in [3.05, 3.63) is 0 Å². The van der Waals surface area contributed by atoms with Gasteiger partial charge in [-0.25, -0.2) is 4.39 Å². The van der Waals surface area contributed by atoms with E-state index in [2.05, 4.69) is 0 Å². The monoisotopic (exact) mass is 796 g/mol. The number of hydrogen-bond acceptors (Lipinski definition) is 0. The summed E-state index contributed by atoms with van der Waals surface area (Å²) in [5.74, 6) is -92.0. The molecule has 0 heterocycles. The van der Waals surface area contributed by atoms with E-state index in [0.29, 0.717) is 0 Å². The number of hydrogen-bond donors (Lipinski definition) is 0. The van der Waals surface area contributed by atoms with E-state index < -0.39 is 97.8 Å². The van der Waals surface area contributed by atoms with Crippen molar-refractivity contribution in [2.24, 2.45) is 0 Å². The summed E-state index contributed by atoms with van der Waals surface area (Å²) in [5.41, 5.74) is 0. The second kappa shape index (κ2) is 9.42. The molecule has 0 nitrogen and oxygen atoms in total. The molecule has 0 aromatic heterocycles. The SMILES string of the molecule is FC(F)(F)C(F)(F)C(F)(F)C(F)(F)C(F)(F)C(F)(F)C(F)(F)C(F)(F)C(F)(F)C(F)(F)C(F)(I)C(F)(F)C(F)(F)F. The smallest absolute Gasteiger partial charge is 0.218 e. The summed E-state index contributed by atoms with van der Waals surface area (Å²) in [5, 5.41) is 0. The molecule has 0 bridgehead atoms. The molecule has 0 aliphatic rings. The van der Waals surface area contributed by atoms with E-state index in [1.165, 1.54) is 0 Å². The van der Waals surface area contributed by atoms with Crippen LogP contribution in [-0.4, -0.2) is 75.3 Å². The van der Waals surface area contributed by atoms with Gasteiger partial charge in [0.1, 0.15) is 0 Å². The molecule has 248 valence electrons. The zero-order valence-electron chi connectivity index (χ0n) is 17.1. The van der Waals surface area contributed by atoms with Crippen molar-refractivity contribution in [2.75, 3.05) is 0 Å². The predicted molar refractivity (Wildman–Crippen MR) is 79.4 cm³/mol. The van der Waals surface area contributed by atoms with Gasteiger partial charge in [0.15, 0.2) is 0 Å². The summed E-state index contributed by atoms with van der Waals surface area (Å²) in [6, 6.07) is 0. The molecular weight excluding hydrogens is 796 g/mol. The van der Waals surface area contributed by atoms with E-state index in [-0.39, 0.29) is 0 Å². The van der Waals surface area contributed by atoms with E-state index in [1.54, 1.807) is 0 Å². The average molecular weight is 796 g/mol. The first kappa shape index (κ1) is 39.8. The van der Waals surface area contributed by atoms with Crippen LogP contribution in [0.1, 0.15) is 0 Å². The quantitative estimate of drug-likeness (QED) is 0.118. The summed E-state index contributed by atoms with van der Waals surface area (Å²) in [6.07, 6.45) is -16.1. The minimum atomic E-state index is -9.67. The Bertz CT molecular complexity index is 885. The zero-order valence-corrected chi connectivity index (χ0v) is 19.2. The molecule has 41 heavy (non-hydrogen) atoms. The van der Waals surface area contributed by atoms with E-state index in [0.717, 1.165) is 0 Å². The lowest BCUT2D eigenvalue weighted by atomic mass is 9.85. The van der Waals surface area contributed by atoms with Gasteiger partial charge in [0.25, 0.3) is 0 Å². The highest BCUT2D eigenvalue weighted by atomic mass is 127. The molecule has 0 spiro atoms. The van der Waals surface area contributed by atoms with E-state index in [4.69, 9.17) is 0 Å². The van der Waals surface area contributed by atoms with Gasteiger partial charge < -0.3 is 0 Å². The Morgan fingerprint density at radius 1 is 0.195 bits per heavy atom. The van der Waals surface area contributed by atoms with Gasteiger partial charge in [-0.1, -0.05) is 0 Å². The van der Waals surface area contributed by atoms with Gasteiger partial charge in [0.05, 0.1) is 0 Å². The Morgan fingerprint density at radius 2 is 0.341 bits per heavy atom. The molecule has 0 aliphatic carbocycles. The maximum Gasteiger partial charge on any atom is 0.460 e. The lowest BCUT2D eigenvalue weighted by molar-refractivity contribution is -0.477. The fourth-order valence-corrected chi connectivity index (χ4v) is 2.78. The molecular formula is C13F27I. The molecule has 1 unspecified atom stereocenters. The molecule has 0 rings (SSSR count). The Labute approximate surface area is 217 Å². The van der Waals surface area contributed by atoms with Crippen LogP contribution in [0.4, 0.5) is 119 Å². The highest BCUT2D eigenvalue weighted by Crippen LogP contribution is 2.69. The van der Waals surface area contributed by atoms with Crippen molar-refractivity contribution in [1.29, 1.82) is 0 Å². The van der Waals surface area contributed by atoms with Gasteiger partial charge in [0.2, 0.25) is 0 Å². The van der Waals surface area contributed by atoms with Crippen molar-refractivity contribution in [3.63, 3.8) is 0 Å². The third-order valence-electron chi connectivity index (χ3n) is 4.66. The topological polar surface area (TPSA) is 0 Å². The molecule has 0 aliphatic heterocycles.